The zero-order valence-corrected chi connectivity index (χ0v) is 16.7. The molecular weight excluding hydrogens is 372 g/mol. The Morgan fingerprint density at radius 1 is 1.21 bits per heavy atom. The zero-order chi connectivity index (χ0) is 20.8. The lowest BCUT2D eigenvalue weighted by Gasteiger charge is -2.36. The third-order valence-electron chi connectivity index (χ3n) is 5.14. The topological polar surface area (TPSA) is 88.9 Å². The van der Waals surface area contributed by atoms with Gasteiger partial charge in [-0.2, -0.15) is 0 Å². The molecule has 0 aliphatic carbocycles. The van der Waals surface area contributed by atoms with E-state index in [4.69, 9.17) is 9.15 Å². The molecule has 7 heteroatoms. The highest BCUT2D eigenvalue weighted by atomic mass is 16.5. The largest absolute Gasteiger partial charge is 0.459 e. The number of piperidine rings is 1. The molecule has 29 heavy (non-hydrogen) atoms. The number of hydrogen-bond donors (Lipinski definition) is 1. The Morgan fingerprint density at radius 2 is 1.97 bits per heavy atom. The first-order chi connectivity index (χ1) is 14.0. The fraction of sp³-hybridized carbons (Fsp3) is 0.409. The van der Waals surface area contributed by atoms with Gasteiger partial charge in [0.15, 0.2) is 11.9 Å². The monoisotopic (exact) mass is 398 g/mol. The van der Waals surface area contributed by atoms with E-state index in [9.17, 15) is 14.4 Å². The summed E-state index contributed by atoms with van der Waals surface area (Å²) in [4.78, 5) is 39.0. The molecule has 2 aromatic rings. The van der Waals surface area contributed by atoms with Gasteiger partial charge >= 0.3 is 5.97 Å². The number of nitrogens with one attached hydrogen (secondary N) is 1. The lowest BCUT2D eigenvalue weighted by molar-refractivity contribution is -0.143. The van der Waals surface area contributed by atoms with Gasteiger partial charge in [-0.1, -0.05) is 6.92 Å². The van der Waals surface area contributed by atoms with Crippen LogP contribution >= 0.6 is 0 Å². The third-order valence-corrected chi connectivity index (χ3v) is 5.14. The lowest BCUT2D eigenvalue weighted by atomic mass is 9.99. The van der Waals surface area contributed by atoms with Crippen molar-refractivity contribution >= 4 is 23.5 Å². The van der Waals surface area contributed by atoms with E-state index in [1.165, 1.54) is 6.26 Å². The minimum absolute atomic E-state index is 0.146. The molecule has 2 atom stereocenters. The summed E-state index contributed by atoms with van der Waals surface area (Å²) < 4.78 is 10.4. The maximum absolute atomic E-state index is 12.7. The van der Waals surface area contributed by atoms with Crippen LogP contribution < -0.4 is 5.32 Å². The van der Waals surface area contributed by atoms with Crippen molar-refractivity contribution in [3.8, 4) is 0 Å². The predicted molar refractivity (Wildman–Crippen MR) is 108 cm³/mol. The Bertz CT molecular complexity index is 845. The summed E-state index contributed by atoms with van der Waals surface area (Å²) in [5.41, 5.74) is 0.831. The fourth-order valence-electron chi connectivity index (χ4n) is 3.52. The van der Waals surface area contributed by atoms with Gasteiger partial charge in [0.25, 0.3) is 11.8 Å². The Hall–Kier alpha value is -3.09. The maximum Gasteiger partial charge on any atom is 0.338 e. The number of rotatable bonds is 6. The van der Waals surface area contributed by atoms with Crippen LogP contribution in [0.4, 0.5) is 5.69 Å². The minimum Gasteiger partial charge on any atom is -0.459 e. The van der Waals surface area contributed by atoms with Crippen molar-refractivity contribution in [2.75, 3.05) is 11.9 Å². The van der Waals surface area contributed by atoms with Gasteiger partial charge in [-0.25, -0.2) is 4.79 Å². The van der Waals surface area contributed by atoms with Crippen molar-refractivity contribution in [3.05, 3.63) is 54.0 Å². The molecule has 1 aliphatic heterocycles. The fourth-order valence-corrected chi connectivity index (χ4v) is 3.52. The van der Waals surface area contributed by atoms with Crippen LogP contribution in [0, 0.1) is 0 Å². The summed E-state index contributed by atoms with van der Waals surface area (Å²) in [6.45, 7) is 4.39. The molecule has 0 bridgehead atoms. The number of nitrogens with zero attached hydrogens (tertiary/aromatic N) is 1. The molecule has 0 radical (unpaired) electrons. The van der Waals surface area contributed by atoms with Gasteiger partial charge in [-0.05, 0) is 69.0 Å². The summed E-state index contributed by atoms with van der Waals surface area (Å²) in [6.07, 6.45) is 4.58. The van der Waals surface area contributed by atoms with E-state index >= 15 is 0 Å². The first-order valence-corrected chi connectivity index (χ1v) is 9.96. The molecule has 1 N–H and O–H groups in total. The molecule has 1 aromatic heterocycles. The van der Waals surface area contributed by atoms with Crippen molar-refractivity contribution in [1.29, 1.82) is 0 Å². The summed E-state index contributed by atoms with van der Waals surface area (Å²) in [7, 11) is 0. The first kappa shape index (κ1) is 20.6. The molecule has 0 spiro atoms. The number of anilines is 1. The Kier molecular flexibility index (Phi) is 6.69. The van der Waals surface area contributed by atoms with E-state index in [1.807, 2.05) is 4.90 Å². The number of carbonyl (C=O) groups excluding carboxylic acids is 3. The van der Waals surface area contributed by atoms with E-state index in [0.29, 0.717) is 17.8 Å². The van der Waals surface area contributed by atoms with Gasteiger partial charge in [0.2, 0.25) is 0 Å². The normalized spacial score (nSPS) is 17.4. The summed E-state index contributed by atoms with van der Waals surface area (Å²) in [5, 5.41) is 2.68. The van der Waals surface area contributed by atoms with E-state index in [2.05, 4.69) is 12.2 Å². The van der Waals surface area contributed by atoms with Crippen LogP contribution in [0.15, 0.2) is 47.1 Å². The molecule has 2 unspecified atom stereocenters. The number of esters is 1. The number of ether oxygens (including phenoxy) is 1. The second-order valence-corrected chi connectivity index (χ2v) is 7.15. The molecule has 7 nitrogen and oxygen atoms in total. The maximum atomic E-state index is 12.7. The quantitative estimate of drug-likeness (QED) is 0.746. The number of furan rings is 1. The SMILES string of the molecule is CCC1CCCCN1C(=O)C(C)OC(=O)c1ccc(NC(=O)c2ccco2)cc1. The van der Waals surface area contributed by atoms with Gasteiger partial charge in [0.1, 0.15) is 0 Å². The van der Waals surface area contributed by atoms with Gasteiger partial charge in [0.05, 0.1) is 11.8 Å². The van der Waals surface area contributed by atoms with Crippen molar-refractivity contribution < 1.29 is 23.5 Å². The predicted octanol–water partition coefficient (Wildman–Crippen LogP) is 3.87. The van der Waals surface area contributed by atoms with E-state index in [-0.39, 0.29) is 23.6 Å². The Morgan fingerprint density at radius 3 is 2.62 bits per heavy atom. The van der Waals surface area contributed by atoms with E-state index in [0.717, 1.165) is 25.7 Å². The number of hydrogen-bond acceptors (Lipinski definition) is 5. The van der Waals surface area contributed by atoms with E-state index in [1.54, 1.807) is 43.3 Å². The molecule has 3 rings (SSSR count). The highest BCUT2D eigenvalue weighted by Crippen LogP contribution is 2.21. The molecule has 1 fully saturated rings. The smallest absolute Gasteiger partial charge is 0.338 e. The number of benzene rings is 1. The molecule has 0 saturated carbocycles. The highest BCUT2D eigenvalue weighted by Gasteiger charge is 2.30. The van der Waals surface area contributed by atoms with Gasteiger partial charge in [-0.3, -0.25) is 9.59 Å². The lowest BCUT2D eigenvalue weighted by Crippen LogP contribution is -2.48. The zero-order valence-electron chi connectivity index (χ0n) is 16.7. The van der Waals surface area contributed by atoms with Crippen LogP contribution in [0.25, 0.3) is 0 Å². The van der Waals surface area contributed by atoms with Crippen molar-refractivity contribution in [3.63, 3.8) is 0 Å². The standard InChI is InChI=1S/C22H26N2O5/c1-3-18-7-4-5-13-24(18)21(26)15(2)29-22(27)16-9-11-17(12-10-16)23-20(25)19-8-6-14-28-19/h6,8-12,14-15,18H,3-5,7,13H2,1-2H3,(H,23,25). The second kappa shape index (κ2) is 9.41. The van der Waals surface area contributed by atoms with Crippen LogP contribution in [0.5, 0.6) is 0 Å². The molecule has 1 aromatic carbocycles. The van der Waals surface area contributed by atoms with Crippen LogP contribution in [-0.2, 0) is 9.53 Å². The summed E-state index contributed by atoms with van der Waals surface area (Å²) in [6, 6.07) is 9.70. The molecule has 2 heterocycles. The number of carbonyl (C=O) groups is 3. The van der Waals surface area contributed by atoms with Gasteiger partial charge < -0.3 is 19.4 Å². The molecule has 2 amide bonds. The first-order valence-electron chi connectivity index (χ1n) is 9.96. The van der Waals surface area contributed by atoms with Crippen molar-refractivity contribution in [1.82, 2.24) is 4.90 Å². The summed E-state index contributed by atoms with van der Waals surface area (Å²) in [5.74, 6) is -0.896. The van der Waals surface area contributed by atoms with Crippen LogP contribution in [-0.4, -0.2) is 41.4 Å². The summed E-state index contributed by atoms with van der Waals surface area (Å²) >= 11 is 0. The Balaban J connectivity index is 1.57. The third kappa shape index (κ3) is 5.04. The van der Waals surface area contributed by atoms with Crippen LogP contribution in [0.3, 0.4) is 0 Å². The average Bonchev–Trinajstić information content (AvgIpc) is 3.28. The van der Waals surface area contributed by atoms with Gasteiger partial charge in [-0.15, -0.1) is 0 Å². The minimum atomic E-state index is -0.840. The molecule has 154 valence electrons. The van der Waals surface area contributed by atoms with Crippen LogP contribution in [0.2, 0.25) is 0 Å². The molecular formula is C22H26N2O5. The van der Waals surface area contributed by atoms with Crippen LogP contribution in [0.1, 0.15) is 60.4 Å². The molecule has 1 saturated heterocycles. The second-order valence-electron chi connectivity index (χ2n) is 7.15. The van der Waals surface area contributed by atoms with Crippen molar-refractivity contribution in [2.24, 2.45) is 0 Å². The average molecular weight is 398 g/mol. The van der Waals surface area contributed by atoms with Crippen molar-refractivity contribution in [2.45, 2.75) is 51.7 Å². The molecule has 1 aliphatic rings. The van der Waals surface area contributed by atoms with Gasteiger partial charge in [0, 0.05) is 18.3 Å². The van der Waals surface area contributed by atoms with E-state index < -0.39 is 12.1 Å². The number of amides is 2. The Labute approximate surface area is 170 Å². The number of likely N-dealkylation sites (tertiary alicyclic amines) is 1. The highest BCUT2D eigenvalue weighted by molar-refractivity contribution is 6.02.